The van der Waals surface area contributed by atoms with Gasteiger partial charge in [0.2, 0.25) is 21.8 Å². The van der Waals surface area contributed by atoms with Gasteiger partial charge in [-0.15, -0.1) is 0 Å². The number of nitrogens with zero attached hydrogens (tertiary/aromatic N) is 1. The minimum atomic E-state index is -3.59. The van der Waals surface area contributed by atoms with E-state index in [0.29, 0.717) is 17.1 Å². The lowest BCUT2D eigenvalue weighted by Gasteiger charge is -2.17. The molecule has 0 aliphatic rings. The minimum absolute atomic E-state index is 0.0962. The van der Waals surface area contributed by atoms with Crippen molar-refractivity contribution >= 4 is 38.9 Å². The summed E-state index contributed by atoms with van der Waals surface area (Å²) in [4.78, 5) is 23.7. The third-order valence-corrected chi connectivity index (χ3v) is 5.65. The molecule has 0 fully saturated rings. The highest BCUT2D eigenvalue weighted by Gasteiger charge is 2.18. The molecule has 28 heavy (non-hydrogen) atoms. The van der Waals surface area contributed by atoms with E-state index in [1.807, 2.05) is 0 Å². The monoisotopic (exact) mass is 404 g/mol. The predicted molar refractivity (Wildman–Crippen MR) is 110 cm³/mol. The quantitative estimate of drug-likeness (QED) is 0.656. The maximum absolute atomic E-state index is 12.5. The fourth-order valence-electron chi connectivity index (χ4n) is 2.40. The zero-order valence-electron chi connectivity index (χ0n) is 16.2. The van der Waals surface area contributed by atoms with Crippen molar-refractivity contribution < 1.29 is 18.0 Å². The van der Waals surface area contributed by atoms with Crippen LogP contribution in [0.1, 0.15) is 13.8 Å². The molecule has 0 heterocycles. The molecule has 0 unspecified atom stereocenters. The Hall–Kier alpha value is -2.91. The molecule has 2 rings (SSSR count). The second-order valence-electron chi connectivity index (χ2n) is 6.43. The molecular weight excluding hydrogens is 380 g/mol. The van der Waals surface area contributed by atoms with Gasteiger partial charge in [-0.3, -0.25) is 9.59 Å². The summed E-state index contributed by atoms with van der Waals surface area (Å²) in [5, 5.41) is 8.43. The first-order valence-electron chi connectivity index (χ1n) is 8.57. The summed E-state index contributed by atoms with van der Waals surface area (Å²) in [7, 11) is -0.695. The molecule has 2 amide bonds. The van der Waals surface area contributed by atoms with Crippen LogP contribution in [0.15, 0.2) is 53.4 Å². The number of sulfonamides is 1. The number of amides is 2. The first-order chi connectivity index (χ1) is 13.1. The van der Waals surface area contributed by atoms with Gasteiger partial charge in [-0.25, -0.2) is 12.7 Å². The van der Waals surface area contributed by atoms with Crippen LogP contribution in [0.5, 0.6) is 0 Å². The lowest BCUT2D eigenvalue weighted by Crippen LogP contribution is -2.32. The highest BCUT2D eigenvalue weighted by Crippen LogP contribution is 2.19. The average Bonchev–Trinajstić information content (AvgIpc) is 2.61. The lowest BCUT2D eigenvalue weighted by molar-refractivity contribution is -0.116. The number of rotatable bonds is 7. The van der Waals surface area contributed by atoms with Crippen LogP contribution < -0.4 is 16.0 Å². The van der Waals surface area contributed by atoms with Gasteiger partial charge < -0.3 is 16.0 Å². The zero-order chi connectivity index (χ0) is 20.9. The summed E-state index contributed by atoms with van der Waals surface area (Å²) >= 11 is 0. The molecule has 2 aromatic carbocycles. The van der Waals surface area contributed by atoms with Crippen LogP contribution in [0, 0.1) is 0 Å². The fraction of sp³-hybridized carbons (Fsp3) is 0.263. The van der Waals surface area contributed by atoms with Gasteiger partial charge in [-0.1, -0.05) is 12.1 Å². The number of hydrogen-bond acceptors (Lipinski definition) is 5. The van der Waals surface area contributed by atoms with Crippen LogP contribution in [-0.4, -0.2) is 44.7 Å². The number of benzene rings is 2. The van der Waals surface area contributed by atoms with Crippen molar-refractivity contribution in [3.63, 3.8) is 0 Å². The molecular formula is C19H24N4O4S. The van der Waals surface area contributed by atoms with Crippen molar-refractivity contribution in [3.8, 4) is 0 Å². The van der Waals surface area contributed by atoms with Gasteiger partial charge in [0.05, 0.1) is 4.90 Å². The fourth-order valence-corrected chi connectivity index (χ4v) is 3.35. The summed E-state index contributed by atoms with van der Waals surface area (Å²) < 4.78 is 25.6. The molecule has 150 valence electrons. The highest BCUT2D eigenvalue weighted by molar-refractivity contribution is 7.89. The van der Waals surface area contributed by atoms with Crippen molar-refractivity contribution in [1.82, 2.24) is 4.31 Å². The van der Waals surface area contributed by atoms with Crippen LogP contribution in [0.25, 0.3) is 0 Å². The van der Waals surface area contributed by atoms with Crippen LogP contribution in [0.2, 0.25) is 0 Å². The molecule has 2 aromatic rings. The van der Waals surface area contributed by atoms with Gasteiger partial charge in [0.25, 0.3) is 0 Å². The highest BCUT2D eigenvalue weighted by atomic mass is 32.2. The van der Waals surface area contributed by atoms with Crippen molar-refractivity contribution in [2.24, 2.45) is 0 Å². The van der Waals surface area contributed by atoms with E-state index < -0.39 is 16.1 Å². The van der Waals surface area contributed by atoms with Gasteiger partial charge in [-0.2, -0.15) is 0 Å². The smallest absolute Gasteiger partial charge is 0.246 e. The van der Waals surface area contributed by atoms with Crippen molar-refractivity contribution in [2.75, 3.05) is 30.0 Å². The Kier molecular flexibility index (Phi) is 6.76. The Morgan fingerprint density at radius 1 is 0.929 bits per heavy atom. The largest absolute Gasteiger partial charge is 0.374 e. The average molecular weight is 404 g/mol. The number of anilines is 3. The molecule has 0 aliphatic heterocycles. The first kappa shape index (κ1) is 21.4. The van der Waals surface area contributed by atoms with E-state index in [2.05, 4.69) is 16.0 Å². The van der Waals surface area contributed by atoms with E-state index >= 15 is 0 Å². The third-order valence-electron chi connectivity index (χ3n) is 3.84. The SMILES string of the molecule is CC(=O)Nc1cccc(N[C@H](C)C(=O)Nc2cccc(S(=O)(=O)N(C)C)c2)c1. The van der Waals surface area contributed by atoms with Crippen molar-refractivity contribution in [2.45, 2.75) is 24.8 Å². The van der Waals surface area contributed by atoms with Crippen molar-refractivity contribution in [1.29, 1.82) is 0 Å². The van der Waals surface area contributed by atoms with Gasteiger partial charge >= 0.3 is 0 Å². The van der Waals surface area contributed by atoms with Crippen molar-refractivity contribution in [3.05, 3.63) is 48.5 Å². The zero-order valence-corrected chi connectivity index (χ0v) is 17.0. The second kappa shape index (κ2) is 8.85. The molecule has 0 saturated carbocycles. The normalized spacial score (nSPS) is 12.3. The Morgan fingerprint density at radius 2 is 1.50 bits per heavy atom. The van der Waals surface area contributed by atoms with Crippen LogP contribution in [0.4, 0.5) is 17.1 Å². The molecule has 0 radical (unpaired) electrons. The summed E-state index contributed by atoms with van der Waals surface area (Å²) in [5.41, 5.74) is 1.66. The molecule has 0 spiro atoms. The molecule has 0 aromatic heterocycles. The third kappa shape index (κ3) is 5.54. The molecule has 8 nitrogen and oxygen atoms in total. The number of carbonyl (C=O) groups is 2. The summed E-state index contributed by atoms with van der Waals surface area (Å²) in [6.45, 7) is 3.10. The topological polar surface area (TPSA) is 108 Å². The van der Waals surface area contributed by atoms with E-state index in [1.54, 1.807) is 43.3 Å². The molecule has 0 aliphatic carbocycles. The summed E-state index contributed by atoms with van der Waals surface area (Å²) in [6, 6.07) is 12.5. The Labute approximate surface area is 165 Å². The Balaban J connectivity index is 2.08. The molecule has 0 bridgehead atoms. The van der Waals surface area contributed by atoms with Gasteiger partial charge in [0.15, 0.2) is 0 Å². The number of hydrogen-bond donors (Lipinski definition) is 3. The molecule has 1 atom stereocenters. The Morgan fingerprint density at radius 3 is 2.11 bits per heavy atom. The van der Waals surface area contributed by atoms with E-state index in [1.165, 1.54) is 33.2 Å². The van der Waals surface area contributed by atoms with Gasteiger partial charge in [0.1, 0.15) is 6.04 Å². The van der Waals surface area contributed by atoms with Gasteiger partial charge in [-0.05, 0) is 43.3 Å². The van der Waals surface area contributed by atoms with E-state index in [9.17, 15) is 18.0 Å². The summed E-state index contributed by atoms with van der Waals surface area (Å²) in [5.74, 6) is -0.514. The van der Waals surface area contributed by atoms with Crippen LogP contribution >= 0.6 is 0 Å². The van der Waals surface area contributed by atoms with Gasteiger partial charge in [0, 0.05) is 38.1 Å². The predicted octanol–water partition coefficient (Wildman–Crippen LogP) is 2.33. The maximum Gasteiger partial charge on any atom is 0.246 e. The van der Waals surface area contributed by atoms with Crippen LogP contribution in [0.3, 0.4) is 0 Å². The maximum atomic E-state index is 12.5. The lowest BCUT2D eigenvalue weighted by atomic mass is 10.2. The number of carbonyl (C=O) groups excluding carboxylic acids is 2. The minimum Gasteiger partial charge on any atom is -0.374 e. The van der Waals surface area contributed by atoms with E-state index in [-0.39, 0.29) is 16.7 Å². The van der Waals surface area contributed by atoms with E-state index in [0.717, 1.165) is 4.31 Å². The second-order valence-corrected chi connectivity index (χ2v) is 8.58. The van der Waals surface area contributed by atoms with E-state index in [4.69, 9.17) is 0 Å². The van der Waals surface area contributed by atoms with Crippen LogP contribution in [-0.2, 0) is 19.6 Å². The first-order valence-corrected chi connectivity index (χ1v) is 10.0. The Bertz CT molecular complexity index is 973. The molecule has 0 saturated heterocycles. The molecule has 9 heteroatoms. The summed E-state index contributed by atoms with van der Waals surface area (Å²) in [6.07, 6.45) is 0. The number of nitrogens with one attached hydrogen (secondary N) is 3. The molecule has 3 N–H and O–H groups in total. The standard InChI is InChI=1S/C19H24N4O4S/c1-13(20-15-7-5-8-16(11-15)21-14(2)24)19(25)22-17-9-6-10-18(12-17)28(26,27)23(3)4/h5-13,20H,1-4H3,(H,21,24)(H,22,25)/t13-/m1/s1.